The van der Waals surface area contributed by atoms with Gasteiger partial charge in [0.1, 0.15) is 16.5 Å². The van der Waals surface area contributed by atoms with Gasteiger partial charge in [-0.1, -0.05) is 0 Å². The van der Waals surface area contributed by atoms with Gasteiger partial charge in [0.2, 0.25) is 10.0 Å². The van der Waals surface area contributed by atoms with Gasteiger partial charge in [0.25, 0.3) is 6.43 Å². The highest BCUT2D eigenvalue weighted by Gasteiger charge is 2.22. The number of rotatable bonds is 3. The maximum absolute atomic E-state index is 12.4. The molecule has 16 heavy (non-hydrogen) atoms. The van der Waals surface area contributed by atoms with E-state index < -0.39 is 32.9 Å². The minimum atomic E-state index is -4.12. The molecule has 0 fully saturated rings. The van der Waals surface area contributed by atoms with Gasteiger partial charge < -0.3 is 10.5 Å². The van der Waals surface area contributed by atoms with Gasteiger partial charge in [-0.15, -0.1) is 0 Å². The monoisotopic (exact) mass is 253 g/mol. The average Bonchev–Trinajstić information content (AvgIpc) is 2.15. The van der Waals surface area contributed by atoms with Crippen molar-refractivity contribution in [2.75, 3.05) is 12.8 Å². The quantitative estimate of drug-likeness (QED) is 0.803. The fraction of sp³-hybridized carbons (Fsp3) is 0.286. The molecule has 1 aromatic heterocycles. The van der Waals surface area contributed by atoms with E-state index in [1.54, 1.807) is 0 Å². The molecule has 0 unspecified atom stereocenters. The van der Waals surface area contributed by atoms with Crippen LogP contribution in [0.25, 0.3) is 0 Å². The van der Waals surface area contributed by atoms with Gasteiger partial charge in [0.15, 0.2) is 5.69 Å². The first-order chi connectivity index (χ1) is 7.27. The highest BCUT2D eigenvalue weighted by atomic mass is 32.2. The summed E-state index contributed by atoms with van der Waals surface area (Å²) in [4.78, 5) is 2.71. The predicted octanol–water partition coefficient (Wildman–Crippen LogP) is 0.257. The van der Waals surface area contributed by atoms with Crippen molar-refractivity contribution >= 4 is 15.8 Å². The average molecular weight is 253 g/mol. The van der Waals surface area contributed by atoms with E-state index in [0.29, 0.717) is 0 Å². The molecule has 1 heterocycles. The molecule has 0 aliphatic heterocycles. The van der Waals surface area contributed by atoms with Gasteiger partial charge in [-0.2, -0.15) is 0 Å². The Morgan fingerprint density at radius 3 is 2.44 bits per heavy atom. The maximum atomic E-state index is 12.4. The van der Waals surface area contributed by atoms with Crippen LogP contribution in [0.15, 0.2) is 11.0 Å². The minimum Gasteiger partial charge on any atom is -0.495 e. The van der Waals surface area contributed by atoms with E-state index in [0.717, 1.165) is 13.2 Å². The third kappa shape index (κ3) is 2.36. The Morgan fingerprint density at radius 2 is 2.06 bits per heavy atom. The fourth-order valence-corrected chi connectivity index (χ4v) is 1.66. The van der Waals surface area contributed by atoms with Gasteiger partial charge in [-0.3, -0.25) is 0 Å². The normalized spacial score (nSPS) is 11.8. The Labute approximate surface area is 90.3 Å². The fourth-order valence-electron chi connectivity index (χ4n) is 1.05. The number of halogens is 2. The Morgan fingerprint density at radius 1 is 1.50 bits per heavy atom. The van der Waals surface area contributed by atoms with Crippen LogP contribution in [0.3, 0.4) is 0 Å². The molecular formula is C7H9F2N3O3S. The van der Waals surface area contributed by atoms with Crippen molar-refractivity contribution in [2.24, 2.45) is 5.14 Å². The molecule has 1 aromatic rings. The first-order valence-corrected chi connectivity index (χ1v) is 5.47. The largest absolute Gasteiger partial charge is 0.495 e. The Hall–Kier alpha value is -1.48. The van der Waals surface area contributed by atoms with Crippen molar-refractivity contribution in [2.45, 2.75) is 11.3 Å². The van der Waals surface area contributed by atoms with Gasteiger partial charge in [0.05, 0.1) is 7.11 Å². The summed E-state index contributed by atoms with van der Waals surface area (Å²) in [5.41, 5.74) is 4.48. The maximum Gasteiger partial charge on any atom is 0.284 e. The molecule has 0 saturated heterocycles. The summed E-state index contributed by atoms with van der Waals surface area (Å²) in [5, 5.41) is 4.82. The van der Waals surface area contributed by atoms with E-state index in [1.807, 2.05) is 0 Å². The summed E-state index contributed by atoms with van der Waals surface area (Å²) in [6.45, 7) is 0. The summed E-state index contributed by atoms with van der Waals surface area (Å²) in [6.07, 6.45) is -2.92. The number of anilines is 1. The smallest absolute Gasteiger partial charge is 0.284 e. The minimum absolute atomic E-state index is 0.381. The summed E-state index contributed by atoms with van der Waals surface area (Å²) in [7, 11) is -3.02. The molecule has 0 radical (unpaired) electrons. The molecule has 0 saturated carbocycles. The van der Waals surface area contributed by atoms with E-state index in [4.69, 9.17) is 10.9 Å². The summed E-state index contributed by atoms with van der Waals surface area (Å²) in [6, 6.07) is 0.819. The number of aromatic nitrogens is 1. The molecule has 0 bridgehead atoms. The number of hydrogen-bond donors (Lipinski definition) is 2. The summed E-state index contributed by atoms with van der Waals surface area (Å²) < 4.78 is 51.5. The summed E-state index contributed by atoms with van der Waals surface area (Å²) >= 11 is 0. The number of nitrogen functional groups attached to an aromatic ring is 1. The van der Waals surface area contributed by atoms with Crippen molar-refractivity contribution in [3.8, 4) is 5.75 Å². The zero-order valence-corrected chi connectivity index (χ0v) is 8.96. The number of sulfonamides is 1. The number of nitrogens with zero attached hydrogens (tertiary/aromatic N) is 1. The third-order valence-corrected chi connectivity index (χ3v) is 2.68. The number of hydrogen-bond acceptors (Lipinski definition) is 5. The van der Waals surface area contributed by atoms with E-state index in [9.17, 15) is 17.2 Å². The first kappa shape index (κ1) is 12.6. The van der Waals surface area contributed by atoms with Crippen LogP contribution >= 0.6 is 0 Å². The third-order valence-electron chi connectivity index (χ3n) is 1.74. The number of ether oxygens (including phenoxy) is 1. The number of alkyl halides is 2. The molecule has 0 atom stereocenters. The lowest BCUT2D eigenvalue weighted by atomic mass is 10.3. The van der Waals surface area contributed by atoms with E-state index in [1.165, 1.54) is 0 Å². The zero-order chi connectivity index (χ0) is 12.5. The summed E-state index contributed by atoms with van der Waals surface area (Å²) in [5.74, 6) is -0.966. The number of methoxy groups -OCH3 is 1. The van der Waals surface area contributed by atoms with Crippen molar-refractivity contribution in [1.82, 2.24) is 4.98 Å². The molecule has 0 aromatic carbocycles. The first-order valence-electron chi connectivity index (χ1n) is 3.92. The highest BCUT2D eigenvalue weighted by molar-refractivity contribution is 7.89. The van der Waals surface area contributed by atoms with Crippen LogP contribution in [0.5, 0.6) is 5.75 Å². The van der Waals surface area contributed by atoms with Crippen LogP contribution < -0.4 is 15.6 Å². The van der Waals surface area contributed by atoms with Crippen molar-refractivity contribution in [3.05, 3.63) is 11.8 Å². The molecule has 0 aliphatic rings. The van der Waals surface area contributed by atoms with Crippen LogP contribution in [0.4, 0.5) is 14.6 Å². The van der Waals surface area contributed by atoms with E-state index in [-0.39, 0.29) is 5.75 Å². The second-order valence-electron chi connectivity index (χ2n) is 2.80. The topological polar surface area (TPSA) is 108 Å². The SMILES string of the molecule is COc1cc(S(N)(=O)=O)c(N)nc1C(F)F. The Kier molecular flexibility index (Phi) is 3.29. The predicted molar refractivity (Wildman–Crippen MR) is 51.5 cm³/mol. The van der Waals surface area contributed by atoms with Gasteiger partial charge >= 0.3 is 0 Å². The molecule has 90 valence electrons. The van der Waals surface area contributed by atoms with Crippen molar-refractivity contribution in [1.29, 1.82) is 0 Å². The van der Waals surface area contributed by atoms with Crippen LogP contribution in [-0.4, -0.2) is 20.5 Å². The second kappa shape index (κ2) is 4.18. The van der Waals surface area contributed by atoms with E-state index >= 15 is 0 Å². The lowest BCUT2D eigenvalue weighted by Gasteiger charge is -2.10. The van der Waals surface area contributed by atoms with Crippen LogP contribution in [-0.2, 0) is 10.0 Å². The molecule has 0 aliphatic carbocycles. The number of pyridine rings is 1. The van der Waals surface area contributed by atoms with E-state index in [2.05, 4.69) is 9.72 Å². The molecule has 0 spiro atoms. The van der Waals surface area contributed by atoms with Gasteiger partial charge in [-0.05, 0) is 0 Å². The number of nitrogens with two attached hydrogens (primary N) is 2. The van der Waals surface area contributed by atoms with Crippen molar-refractivity contribution < 1.29 is 21.9 Å². The highest BCUT2D eigenvalue weighted by Crippen LogP contribution is 2.31. The molecule has 4 N–H and O–H groups in total. The van der Waals surface area contributed by atoms with Crippen molar-refractivity contribution in [3.63, 3.8) is 0 Å². The molecule has 6 nitrogen and oxygen atoms in total. The Bertz CT molecular complexity index is 504. The molecule has 1 rings (SSSR count). The standard InChI is InChI=1S/C7H9F2N3O3S/c1-15-3-2-4(16(11,13)14)7(10)12-5(3)6(8)9/h2,6H,1H3,(H2,10,12)(H2,11,13,14). The molecule has 9 heteroatoms. The van der Waals surface area contributed by atoms with Crippen LogP contribution in [0.1, 0.15) is 12.1 Å². The lowest BCUT2D eigenvalue weighted by molar-refractivity contribution is 0.141. The molecular weight excluding hydrogens is 244 g/mol. The molecule has 0 amide bonds. The Balaban J connectivity index is 3.50. The van der Waals surface area contributed by atoms with Crippen LogP contribution in [0.2, 0.25) is 0 Å². The van der Waals surface area contributed by atoms with Crippen LogP contribution in [0, 0.1) is 0 Å². The second-order valence-corrected chi connectivity index (χ2v) is 4.33. The van der Waals surface area contributed by atoms with Gasteiger partial charge in [-0.25, -0.2) is 27.3 Å². The zero-order valence-electron chi connectivity index (χ0n) is 8.15. The lowest BCUT2D eigenvalue weighted by Crippen LogP contribution is -2.16. The number of primary sulfonamides is 1. The van der Waals surface area contributed by atoms with Gasteiger partial charge in [0, 0.05) is 6.07 Å².